The molecule has 37 heavy (non-hydrogen) atoms. The van der Waals surface area contributed by atoms with E-state index in [1.807, 2.05) is 0 Å². The van der Waals surface area contributed by atoms with Gasteiger partial charge in [0, 0.05) is 18.4 Å². The Hall–Kier alpha value is -0.690. The van der Waals surface area contributed by atoms with Gasteiger partial charge in [-0.15, -0.1) is 0 Å². The number of hydroxylamine groups is 2. The zero-order valence-electron chi connectivity index (χ0n) is 24.1. The molecule has 0 radical (unpaired) electrons. The predicted molar refractivity (Wildman–Crippen MR) is 143 cm³/mol. The number of ether oxygens (including phenoxy) is 2. The molecule has 1 aliphatic heterocycles. The molecule has 5 aliphatic rings. The van der Waals surface area contributed by atoms with Crippen LogP contribution >= 0.6 is 0 Å². The first kappa shape index (κ1) is 27.9. The van der Waals surface area contributed by atoms with E-state index in [1.54, 1.807) is 0 Å². The third-order valence-corrected chi connectivity index (χ3v) is 12.3. The third-order valence-electron chi connectivity index (χ3n) is 12.3. The van der Waals surface area contributed by atoms with Crippen LogP contribution in [0.5, 0.6) is 0 Å². The van der Waals surface area contributed by atoms with Crippen LogP contribution in [0, 0.1) is 46.3 Å². The van der Waals surface area contributed by atoms with E-state index in [4.69, 9.17) is 14.6 Å². The van der Waals surface area contributed by atoms with Crippen LogP contribution in [0.15, 0.2) is 0 Å². The molecular weight excluding hydrogens is 466 g/mol. The van der Waals surface area contributed by atoms with Gasteiger partial charge in [0.25, 0.3) is 0 Å². The van der Waals surface area contributed by atoms with Gasteiger partial charge in [-0.1, -0.05) is 53.9 Å². The summed E-state index contributed by atoms with van der Waals surface area (Å²) < 4.78 is 12.8. The molecule has 0 aromatic heterocycles. The molecule has 212 valence electrons. The maximum Gasteiger partial charge on any atom is 0.320 e. The van der Waals surface area contributed by atoms with Gasteiger partial charge in [-0.25, -0.2) is 0 Å². The van der Waals surface area contributed by atoms with Gasteiger partial charge in [0.05, 0.1) is 18.8 Å². The molecule has 1 spiro atoms. The Bertz CT molecular complexity index is 834. The zero-order chi connectivity index (χ0) is 26.6. The van der Waals surface area contributed by atoms with E-state index in [-0.39, 0.29) is 30.2 Å². The van der Waals surface area contributed by atoms with Crippen molar-refractivity contribution in [3.05, 3.63) is 0 Å². The van der Waals surface area contributed by atoms with Crippen molar-refractivity contribution in [2.45, 2.75) is 123 Å². The highest BCUT2D eigenvalue weighted by Gasteiger charge is 2.76. The fourth-order valence-corrected chi connectivity index (χ4v) is 10.4. The SMILES string of the molecule is CC(C)CCC[C@@H](C)[C@H]1CCC2C3CC4OC45C[C@@H](OCCN(O)CC(=O)O)CC[C@]5(C)C3CC[C@@]21C. The summed E-state index contributed by atoms with van der Waals surface area (Å²) in [5.41, 5.74) is 0.734. The van der Waals surface area contributed by atoms with Crippen LogP contribution in [0.2, 0.25) is 0 Å². The minimum absolute atomic E-state index is 0.0209. The molecular formula is C31H53NO5. The van der Waals surface area contributed by atoms with Crippen molar-refractivity contribution in [1.82, 2.24) is 5.06 Å². The van der Waals surface area contributed by atoms with Crippen molar-refractivity contribution in [1.29, 1.82) is 0 Å². The van der Waals surface area contributed by atoms with Crippen LogP contribution < -0.4 is 0 Å². The number of carboxylic acid groups (broad SMARTS) is 1. The fraction of sp³-hybridized carbons (Fsp3) is 0.968. The average Bonchev–Trinajstić information content (AvgIpc) is 3.39. The van der Waals surface area contributed by atoms with Gasteiger partial charge in [0.15, 0.2) is 0 Å². The number of rotatable bonds is 11. The van der Waals surface area contributed by atoms with Crippen LogP contribution in [0.3, 0.4) is 0 Å². The van der Waals surface area contributed by atoms with Crippen LogP contribution in [0.25, 0.3) is 0 Å². The standard InChI is InChI=1S/C31H53NO5/c1-20(2)7-6-8-21(3)24-9-10-25-23-17-27-31(37-27)18-22(36-16-15-32(35)19-28(33)34)11-14-30(31,5)26(23)12-13-29(24,25)4/h20-27,35H,6-19H2,1-5H3,(H,33,34)/t21-,22+,23?,24-,25?,26?,27?,29-,30-,31?/m1/s1. The van der Waals surface area contributed by atoms with Gasteiger partial charge in [0.2, 0.25) is 0 Å². The minimum Gasteiger partial charge on any atom is -0.480 e. The summed E-state index contributed by atoms with van der Waals surface area (Å²) in [7, 11) is 0. The molecule has 2 N–H and O–H groups in total. The first-order valence-corrected chi connectivity index (χ1v) is 15.4. The Labute approximate surface area is 224 Å². The molecule has 1 heterocycles. The number of carboxylic acids is 1. The highest BCUT2D eigenvalue weighted by Crippen LogP contribution is 2.74. The van der Waals surface area contributed by atoms with E-state index in [2.05, 4.69) is 34.6 Å². The number of epoxide rings is 1. The number of aliphatic carboxylic acids is 1. The minimum atomic E-state index is -1.03. The summed E-state index contributed by atoms with van der Waals surface area (Å²) in [5, 5.41) is 19.4. The number of hydrogen-bond acceptors (Lipinski definition) is 5. The van der Waals surface area contributed by atoms with Crippen LogP contribution in [-0.2, 0) is 14.3 Å². The number of nitrogens with zero attached hydrogens (tertiary/aromatic N) is 1. The maximum absolute atomic E-state index is 10.8. The smallest absolute Gasteiger partial charge is 0.320 e. The summed E-state index contributed by atoms with van der Waals surface area (Å²) in [4.78, 5) is 10.8. The lowest BCUT2D eigenvalue weighted by atomic mass is 9.44. The second-order valence-electron chi connectivity index (χ2n) is 14.6. The summed E-state index contributed by atoms with van der Waals surface area (Å²) in [6, 6.07) is 0. The lowest BCUT2D eigenvalue weighted by molar-refractivity contribution is -0.159. The Morgan fingerprint density at radius 2 is 1.86 bits per heavy atom. The molecule has 0 aromatic carbocycles. The number of hydrogen-bond donors (Lipinski definition) is 2. The highest BCUT2D eigenvalue weighted by molar-refractivity contribution is 5.68. The lowest BCUT2D eigenvalue weighted by Gasteiger charge is -2.59. The van der Waals surface area contributed by atoms with E-state index in [9.17, 15) is 10.0 Å². The van der Waals surface area contributed by atoms with E-state index in [0.29, 0.717) is 18.1 Å². The van der Waals surface area contributed by atoms with Gasteiger partial charge in [0.1, 0.15) is 12.1 Å². The van der Waals surface area contributed by atoms with E-state index >= 15 is 0 Å². The molecule has 5 rings (SSSR count). The van der Waals surface area contributed by atoms with E-state index < -0.39 is 5.97 Å². The number of carbonyl (C=O) groups is 1. The quantitative estimate of drug-likeness (QED) is 0.243. The molecule has 4 aliphatic carbocycles. The second kappa shape index (κ2) is 10.4. The van der Waals surface area contributed by atoms with Crippen molar-refractivity contribution >= 4 is 5.97 Å². The van der Waals surface area contributed by atoms with Crippen LogP contribution in [0.4, 0.5) is 0 Å². The van der Waals surface area contributed by atoms with Gasteiger partial charge in [-0.3, -0.25) is 4.79 Å². The number of fused-ring (bicyclic) bond motifs is 4. The largest absolute Gasteiger partial charge is 0.480 e. The first-order valence-electron chi connectivity index (χ1n) is 15.4. The maximum atomic E-state index is 10.8. The molecule has 0 bridgehead atoms. The van der Waals surface area contributed by atoms with Gasteiger partial charge in [-0.05, 0) is 85.9 Å². The molecule has 0 aromatic rings. The van der Waals surface area contributed by atoms with Crippen molar-refractivity contribution < 1.29 is 24.6 Å². The Morgan fingerprint density at radius 1 is 1.08 bits per heavy atom. The summed E-state index contributed by atoms with van der Waals surface area (Å²) in [6.45, 7) is 12.7. The van der Waals surface area contributed by atoms with Crippen molar-refractivity contribution in [2.75, 3.05) is 19.7 Å². The molecule has 6 nitrogen and oxygen atoms in total. The first-order chi connectivity index (χ1) is 17.5. The van der Waals surface area contributed by atoms with Crippen molar-refractivity contribution in [3.8, 4) is 0 Å². The fourth-order valence-electron chi connectivity index (χ4n) is 10.4. The molecule has 5 fully saturated rings. The molecule has 1 saturated heterocycles. The molecule has 5 unspecified atom stereocenters. The third kappa shape index (κ3) is 4.91. The van der Waals surface area contributed by atoms with Gasteiger partial charge >= 0.3 is 5.97 Å². The lowest BCUT2D eigenvalue weighted by Crippen LogP contribution is -2.59. The Kier molecular flexibility index (Phi) is 7.81. The van der Waals surface area contributed by atoms with Crippen LogP contribution in [-0.4, -0.2) is 58.9 Å². The highest BCUT2D eigenvalue weighted by atomic mass is 16.6. The molecule has 10 atom stereocenters. The topological polar surface area (TPSA) is 82.5 Å². The zero-order valence-corrected chi connectivity index (χ0v) is 24.1. The summed E-state index contributed by atoms with van der Waals surface area (Å²) >= 11 is 0. The van der Waals surface area contributed by atoms with Crippen LogP contribution in [0.1, 0.15) is 105 Å². The van der Waals surface area contributed by atoms with Gasteiger partial charge < -0.3 is 19.8 Å². The summed E-state index contributed by atoms with van der Waals surface area (Å²) in [5.74, 6) is 3.97. The van der Waals surface area contributed by atoms with Gasteiger partial charge in [-0.2, -0.15) is 5.06 Å². The average molecular weight is 520 g/mol. The normalized spacial score (nSPS) is 45.2. The monoisotopic (exact) mass is 519 g/mol. The second-order valence-corrected chi connectivity index (χ2v) is 14.6. The molecule has 6 heteroatoms. The summed E-state index contributed by atoms with van der Waals surface area (Å²) in [6.07, 6.45) is 14.7. The Morgan fingerprint density at radius 3 is 2.59 bits per heavy atom. The molecule has 0 amide bonds. The van der Waals surface area contributed by atoms with E-state index in [0.717, 1.165) is 59.8 Å². The van der Waals surface area contributed by atoms with Crippen molar-refractivity contribution in [3.63, 3.8) is 0 Å². The molecule has 4 saturated carbocycles. The predicted octanol–water partition coefficient (Wildman–Crippen LogP) is 6.40. The Balaban J connectivity index is 1.20. The van der Waals surface area contributed by atoms with E-state index in [1.165, 1.54) is 51.4 Å². The van der Waals surface area contributed by atoms with Crippen molar-refractivity contribution in [2.24, 2.45) is 46.3 Å².